The Labute approximate surface area is 49.4 Å². The molecule has 2 N–H and O–H groups in total. The van der Waals surface area contributed by atoms with Crippen LogP contribution in [-0.2, 0) is 0 Å². The van der Waals surface area contributed by atoms with Crippen LogP contribution in [0.1, 0.15) is 6.42 Å². The first-order valence-corrected chi connectivity index (χ1v) is 2.13. The molecule has 42 valence electrons. The molecule has 0 amide bonds. The second kappa shape index (κ2) is 3.96. The molecule has 0 saturated heterocycles. The Kier molecular flexibility index (Phi) is 3.84. The fraction of sp³-hybridized carbons (Fsp3) is 0.500. The molecule has 1 heterocycles. The highest BCUT2D eigenvalue weighted by atomic mass is 35.5. The zero-order valence-electron chi connectivity index (χ0n) is 3.98. The summed E-state index contributed by atoms with van der Waals surface area (Å²) < 4.78 is 0. The largest absolute Gasteiger partial charge is 0.329 e. The van der Waals surface area contributed by atoms with Gasteiger partial charge in [-0.3, -0.25) is 0 Å². The van der Waals surface area contributed by atoms with Crippen molar-refractivity contribution < 1.29 is 0 Å². The van der Waals surface area contributed by atoms with Crippen LogP contribution in [-0.4, -0.2) is 6.54 Å². The van der Waals surface area contributed by atoms with Crippen molar-refractivity contribution in [1.29, 1.82) is 0 Å². The van der Waals surface area contributed by atoms with Gasteiger partial charge in [0.15, 0.2) is 0 Å². The Morgan fingerprint density at radius 1 is 1.43 bits per heavy atom. The van der Waals surface area contributed by atoms with Gasteiger partial charge in [-0.1, -0.05) is 6.08 Å². The lowest BCUT2D eigenvalue weighted by molar-refractivity contribution is 0.605. The van der Waals surface area contributed by atoms with Gasteiger partial charge in [0.2, 0.25) is 0 Å². The summed E-state index contributed by atoms with van der Waals surface area (Å²) in [6, 6.07) is 0. The summed E-state index contributed by atoms with van der Waals surface area (Å²) in [6.45, 7) is 1.05. The van der Waals surface area contributed by atoms with Crippen LogP contribution < -0.4 is 10.9 Å². The smallest absolute Gasteiger partial charge is 0.0183 e. The highest BCUT2D eigenvalue weighted by Gasteiger charge is 1.82. The summed E-state index contributed by atoms with van der Waals surface area (Å²) in [6.07, 6.45) is 5.15. The van der Waals surface area contributed by atoms with Gasteiger partial charge < -0.3 is 5.43 Å². The van der Waals surface area contributed by atoms with Crippen LogP contribution in [0.3, 0.4) is 0 Å². The molecule has 1 aliphatic rings. The molecule has 0 radical (unpaired) electrons. The minimum absolute atomic E-state index is 0. The van der Waals surface area contributed by atoms with Crippen molar-refractivity contribution in [1.82, 2.24) is 10.9 Å². The molecule has 1 aliphatic heterocycles. The minimum Gasteiger partial charge on any atom is -0.329 e. The predicted molar refractivity (Wildman–Crippen MR) is 32.1 cm³/mol. The molecular formula is C4H9ClN2. The van der Waals surface area contributed by atoms with Gasteiger partial charge in [-0.2, -0.15) is 0 Å². The first-order chi connectivity index (χ1) is 3.00. The Morgan fingerprint density at radius 2 is 2.29 bits per heavy atom. The summed E-state index contributed by atoms with van der Waals surface area (Å²) in [5.41, 5.74) is 5.80. The molecule has 0 atom stereocenters. The highest BCUT2D eigenvalue weighted by Crippen LogP contribution is 1.79. The molecule has 0 spiro atoms. The maximum Gasteiger partial charge on any atom is 0.0183 e. The standard InChI is InChI=1S/C4H8N2.ClH/c1-2-4-6-5-3-1;/h1,3,5-6H,2,4H2;1H. The van der Waals surface area contributed by atoms with Crippen molar-refractivity contribution in [2.75, 3.05) is 6.54 Å². The first kappa shape index (κ1) is 6.79. The summed E-state index contributed by atoms with van der Waals surface area (Å²) >= 11 is 0. The topological polar surface area (TPSA) is 24.1 Å². The number of halogens is 1. The molecular weight excluding hydrogens is 112 g/mol. The van der Waals surface area contributed by atoms with E-state index in [0.29, 0.717) is 0 Å². The molecule has 0 aromatic carbocycles. The molecule has 1 rings (SSSR count). The minimum atomic E-state index is 0. The third-order valence-corrected chi connectivity index (χ3v) is 0.739. The molecule has 0 unspecified atom stereocenters. The zero-order valence-corrected chi connectivity index (χ0v) is 4.79. The molecule has 0 fully saturated rings. The van der Waals surface area contributed by atoms with Crippen LogP contribution in [0.15, 0.2) is 12.3 Å². The Bertz CT molecular complexity index is 54.7. The molecule has 0 saturated carbocycles. The summed E-state index contributed by atoms with van der Waals surface area (Å²) in [5, 5.41) is 0. The second-order valence-electron chi connectivity index (χ2n) is 1.26. The van der Waals surface area contributed by atoms with Crippen molar-refractivity contribution >= 4 is 12.4 Å². The molecule has 0 aromatic rings. The third-order valence-electron chi connectivity index (χ3n) is 0.739. The van der Waals surface area contributed by atoms with Gasteiger partial charge in [-0.25, -0.2) is 5.43 Å². The van der Waals surface area contributed by atoms with E-state index in [1.807, 2.05) is 6.20 Å². The van der Waals surface area contributed by atoms with E-state index in [1.165, 1.54) is 0 Å². The van der Waals surface area contributed by atoms with Crippen LogP contribution in [0.5, 0.6) is 0 Å². The number of rotatable bonds is 0. The van der Waals surface area contributed by atoms with Crippen molar-refractivity contribution in [3.8, 4) is 0 Å². The van der Waals surface area contributed by atoms with E-state index in [0.717, 1.165) is 13.0 Å². The van der Waals surface area contributed by atoms with Crippen molar-refractivity contribution in [3.63, 3.8) is 0 Å². The van der Waals surface area contributed by atoms with Crippen LogP contribution in [0.4, 0.5) is 0 Å². The fourth-order valence-corrected chi connectivity index (χ4v) is 0.429. The SMILES string of the molecule is C1=CNNCC1.Cl. The lowest BCUT2D eigenvalue weighted by Gasteiger charge is -2.04. The molecule has 0 aromatic heterocycles. The maximum absolute atomic E-state index is 2.95. The van der Waals surface area contributed by atoms with E-state index < -0.39 is 0 Å². The monoisotopic (exact) mass is 120 g/mol. The third kappa shape index (κ3) is 2.48. The zero-order chi connectivity index (χ0) is 4.24. The summed E-state index contributed by atoms with van der Waals surface area (Å²) in [4.78, 5) is 0. The number of nitrogens with one attached hydrogen (secondary N) is 2. The van der Waals surface area contributed by atoms with Gasteiger partial charge in [-0.05, 0) is 6.42 Å². The highest BCUT2D eigenvalue weighted by molar-refractivity contribution is 5.85. The Hall–Kier alpha value is -0.210. The normalized spacial score (nSPS) is 17.1. The second-order valence-corrected chi connectivity index (χ2v) is 1.26. The molecule has 2 nitrogen and oxygen atoms in total. The molecule has 0 aliphatic carbocycles. The molecule has 7 heavy (non-hydrogen) atoms. The van der Waals surface area contributed by atoms with Crippen LogP contribution in [0.25, 0.3) is 0 Å². The van der Waals surface area contributed by atoms with E-state index in [-0.39, 0.29) is 12.4 Å². The van der Waals surface area contributed by atoms with Gasteiger partial charge in [-0.15, -0.1) is 12.4 Å². The molecule has 0 bridgehead atoms. The predicted octanol–water partition coefficient (Wildman–Crippen LogP) is 0.420. The summed E-state index contributed by atoms with van der Waals surface area (Å²) in [5.74, 6) is 0. The van der Waals surface area contributed by atoms with E-state index in [4.69, 9.17) is 0 Å². The molecule has 3 heteroatoms. The lowest BCUT2D eigenvalue weighted by atomic mass is 10.4. The van der Waals surface area contributed by atoms with E-state index in [1.54, 1.807) is 0 Å². The number of hydrazine groups is 1. The van der Waals surface area contributed by atoms with Crippen molar-refractivity contribution in [2.24, 2.45) is 0 Å². The quantitative estimate of drug-likeness (QED) is 0.484. The van der Waals surface area contributed by atoms with Crippen LogP contribution in [0, 0.1) is 0 Å². The average molecular weight is 121 g/mol. The Balaban J connectivity index is 0.000000360. The van der Waals surface area contributed by atoms with Gasteiger partial charge in [0.25, 0.3) is 0 Å². The summed E-state index contributed by atoms with van der Waals surface area (Å²) in [7, 11) is 0. The maximum atomic E-state index is 2.95. The number of hydrogen-bond donors (Lipinski definition) is 2. The first-order valence-electron chi connectivity index (χ1n) is 2.13. The van der Waals surface area contributed by atoms with Crippen LogP contribution >= 0.6 is 12.4 Å². The van der Waals surface area contributed by atoms with Crippen LogP contribution in [0.2, 0.25) is 0 Å². The Morgan fingerprint density at radius 3 is 2.43 bits per heavy atom. The van der Waals surface area contributed by atoms with Crippen molar-refractivity contribution in [2.45, 2.75) is 6.42 Å². The van der Waals surface area contributed by atoms with Gasteiger partial charge in [0, 0.05) is 12.7 Å². The van der Waals surface area contributed by atoms with Gasteiger partial charge in [0.1, 0.15) is 0 Å². The lowest BCUT2D eigenvalue weighted by Crippen LogP contribution is -2.30. The van der Waals surface area contributed by atoms with Gasteiger partial charge in [0.05, 0.1) is 0 Å². The van der Waals surface area contributed by atoms with Gasteiger partial charge >= 0.3 is 0 Å². The fourth-order valence-electron chi connectivity index (χ4n) is 0.429. The van der Waals surface area contributed by atoms with E-state index in [2.05, 4.69) is 16.9 Å². The van der Waals surface area contributed by atoms with E-state index in [9.17, 15) is 0 Å². The van der Waals surface area contributed by atoms with Crippen molar-refractivity contribution in [3.05, 3.63) is 12.3 Å². The van der Waals surface area contributed by atoms with E-state index >= 15 is 0 Å². The average Bonchev–Trinajstić information content (AvgIpc) is 1.72. The number of hydrogen-bond acceptors (Lipinski definition) is 2.